The van der Waals surface area contributed by atoms with E-state index >= 15 is 0 Å². The predicted octanol–water partition coefficient (Wildman–Crippen LogP) is 2.78. The number of benzene rings is 1. The molecule has 1 aliphatic heterocycles. The number of hydrogen-bond donors (Lipinski definition) is 1. The number of hydrogen-bond acceptors (Lipinski definition) is 4. The molecule has 0 aromatic heterocycles. The second kappa shape index (κ2) is 6.21. The minimum absolute atomic E-state index is 0.0633. The Morgan fingerprint density at radius 3 is 2.65 bits per heavy atom. The van der Waals surface area contributed by atoms with Gasteiger partial charge in [-0.3, -0.25) is 14.9 Å². The number of carbonyl (C=O) groups excluding carboxylic acids is 1. The molecule has 1 fully saturated rings. The van der Waals surface area contributed by atoms with Gasteiger partial charge in [0.15, 0.2) is 0 Å². The van der Waals surface area contributed by atoms with Crippen LogP contribution in [0.5, 0.6) is 0 Å². The largest absolute Gasteiger partial charge is 0.377 e. The average molecular weight is 342 g/mol. The summed E-state index contributed by atoms with van der Waals surface area (Å²) in [4.78, 5) is 23.7. The standard InChI is InChI=1S/C13H16BrN3O3/c1-9(18)16-6-4-11(5-7-16)15-12-3-2-10(14)8-13(12)17(19)20/h2-3,8,11,15H,4-7H2,1H3. The Kier molecular flexibility index (Phi) is 4.59. The van der Waals surface area contributed by atoms with Crippen LogP contribution in [0.25, 0.3) is 0 Å². The molecule has 0 aliphatic carbocycles. The first kappa shape index (κ1) is 14.8. The van der Waals surface area contributed by atoms with E-state index in [1.54, 1.807) is 24.0 Å². The topological polar surface area (TPSA) is 75.5 Å². The number of amides is 1. The minimum Gasteiger partial charge on any atom is -0.377 e. The number of nitrogens with one attached hydrogen (secondary N) is 1. The van der Waals surface area contributed by atoms with Gasteiger partial charge < -0.3 is 10.2 Å². The molecule has 7 heteroatoms. The number of nitrogens with zero attached hydrogens (tertiary/aromatic N) is 2. The van der Waals surface area contributed by atoms with E-state index in [0.717, 1.165) is 12.8 Å². The first-order chi connectivity index (χ1) is 9.47. The van der Waals surface area contributed by atoms with Crippen molar-refractivity contribution in [2.75, 3.05) is 18.4 Å². The fourth-order valence-corrected chi connectivity index (χ4v) is 2.69. The van der Waals surface area contributed by atoms with E-state index in [9.17, 15) is 14.9 Å². The highest BCUT2D eigenvalue weighted by atomic mass is 79.9. The molecule has 0 radical (unpaired) electrons. The summed E-state index contributed by atoms with van der Waals surface area (Å²) < 4.78 is 0.682. The second-order valence-corrected chi connectivity index (χ2v) is 5.76. The van der Waals surface area contributed by atoms with E-state index in [1.807, 2.05) is 0 Å². The van der Waals surface area contributed by atoms with Crippen molar-refractivity contribution in [3.05, 3.63) is 32.8 Å². The van der Waals surface area contributed by atoms with E-state index < -0.39 is 4.92 Å². The highest BCUT2D eigenvalue weighted by molar-refractivity contribution is 9.10. The first-order valence-corrected chi connectivity index (χ1v) is 7.22. The first-order valence-electron chi connectivity index (χ1n) is 6.43. The van der Waals surface area contributed by atoms with Crippen LogP contribution in [0.1, 0.15) is 19.8 Å². The van der Waals surface area contributed by atoms with E-state index in [-0.39, 0.29) is 17.6 Å². The van der Waals surface area contributed by atoms with Crippen LogP contribution >= 0.6 is 15.9 Å². The number of halogens is 1. The number of nitro benzene ring substituents is 1. The van der Waals surface area contributed by atoms with Gasteiger partial charge in [0.2, 0.25) is 5.91 Å². The summed E-state index contributed by atoms with van der Waals surface area (Å²) in [5.74, 6) is 0.0815. The number of likely N-dealkylation sites (tertiary alicyclic amines) is 1. The molecule has 0 bridgehead atoms. The Morgan fingerprint density at radius 1 is 1.45 bits per heavy atom. The van der Waals surface area contributed by atoms with Crippen LogP contribution in [-0.4, -0.2) is 34.9 Å². The van der Waals surface area contributed by atoms with Gasteiger partial charge in [-0.15, -0.1) is 0 Å². The van der Waals surface area contributed by atoms with E-state index in [2.05, 4.69) is 21.2 Å². The molecule has 1 saturated heterocycles. The van der Waals surface area contributed by atoms with Crippen LogP contribution in [-0.2, 0) is 4.79 Å². The van der Waals surface area contributed by atoms with Crippen molar-refractivity contribution < 1.29 is 9.72 Å². The lowest BCUT2D eigenvalue weighted by atomic mass is 10.0. The molecule has 1 aromatic carbocycles. The van der Waals surface area contributed by atoms with Gasteiger partial charge in [0, 0.05) is 36.6 Å². The Morgan fingerprint density at radius 2 is 2.10 bits per heavy atom. The van der Waals surface area contributed by atoms with Gasteiger partial charge in [-0.25, -0.2) is 0 Å². The van der Waals surface area contributed by atoms with E-state index in [0.29, 0.717) is 23.2 Å². The monoisotopic (exact) mass is 341 g/mol. The zero-order valence-corrected chi connectivity index (χ0v) is 12.7. The quantitative estimate of drug-likeness (QED) is 0.677. The summed E-state index contributed by atoms with van der Waals surface area (Å²) in [7, 11) is 0. The number of rotatable bonds is 3. The van der Waals surface area contributed by atoms with E-state index in [4.69, 9.17) is 0 Å². The molecular weight excluding hydrogens is 326 g/mol. The molecule has 6 nitrogen and oxygen atoms in total. The SMILES string of the molecule is CC(=O)N1CCC(Nc2ccc(Br)cc2[N+](=O)[O-])CC1. The van der Waals surface area contributed by atoms with Gasteiger partial charge in [-0.2, -0.15) is 0 Å². The minimum atomic E-state index is -0.391. The maximum atomic E-state index is 11.3. The van der Waals surface area contributed by atoms with Crippen LogP contribution < -0.4 is 5.32 Å². The van der Waals surface area contributed by atoms with Gasteiger partial charge in [-0.05, 0) is 25.0 Å². The van der Waals surface area contributed by atoms with Crippen molar-refractivity contribution in [3.63, 3.8) is 0 Å². The van der Waals surface area contributed by atoms with E-state index in [1.165, 1.54) is 6.07 Å². The Labute approximate surface area is 125 Å². The van der Waals surface area contributed by atoms with Gasteiger partial charge in [0.05, 0.1) is 4.92 Å². The molecule has 2 rings (SSSR count). The molecule has 0 unspecified atom stereocenters. The third-order valence-corrected chi connectivity index (χ3v) is 3.95. The fourth-order valence-electron chi connectivity index (χ4n) is 2.34. The number of nitro groups is 1. The zero-order chi connectivity index (χ0) is 14.7. The molecule has 0 spiro atoms. The molecule has 1 amide bonds. The van der Waals surface area contributed by atoms with Crippen LogP contribution in [0.15, 0.2) is 22.7 Å². The zero-order valence-electron chi connectivity index (χ0n) is 11.1. The highest BCUT2D eigenvalue weighted by Crippen LogP contribution is 2.29. The number of carbonyl (C=O) groups is 1. The molecular formula is C13H16BrN3O3. The second-order valence-electron chi connectivity index (χ2n) is 4.84. The molecule has 1 aliphatic rings. The number of anilines is 1. The van der Waals surface area contributed by atoms with Crippen molar-refractivity contribution >= 4 is 33.2 Å². The summed E-state index contributed by atoms with van der Waals surface area (Å²) in [6.45, 7) is 2.95. The van der Waals surface area contributed by atoms with Crippen molar-refractivity contribution in [2.45, 2.75) is 25.8 Å². The third-order valence-electron chi connectivity index (χ3n) is 3.46. The Balaban J connectivity index is 2.04. The lowest BCUT2D eigenvalue weighted by molar-refractivity contribution is -0.384. The Hall–Kier alpha value is -1.63. The summed E-state index contributed by atoms with van der Waals surface area (Å²) in [6.07, 6.45) is 1.60. The van der Waals surface area contributed by atoms with Crippen molar-refractivity contribution in [2.24, 2.45) is 0 Å². The van der Waals surface area contributed by atoms with Crippen LogP contribution in [0.3, 0.4) is 0 Å². The van der Waals surface area contributed by atoms with Gasteiger partial charge in [0.1, 0.15) is 5.69 Å². The molecule has 0 atom stereocenters. The van der Waals surface area contributed by atoms with Crippen molar-refractivity contribution in [1.82, 2.24) is 4.90 Å². The molecule has 20 heavy (non-hydrogen) atoms. The summed E-state index contributed by atoms with van der Waals surface area (Å²) in [6, 6.07) is 5.14. The maximum Gasteiger partial charge on any atom is 0.293 e. The lowest BCUT2D eigenvalue weighted by Crippen LogP contribution is -2.41. The molecule has 108 valence electrons. The van der Waals surface area contributed by atoms with Crippen molar-refractivity contribution in [1.29, 1.82) is 0 Å². The summed E-state index contributed by atoms with van der Waals surface area (Å²) in [5, 5.41) is 14.3. The molecule has 0 saturated carbocycles. The van der Waals surface area contributed by atoms with Crippen molar-refractivity contribution in [3.8, 4) is 0 Å². The average Bonchev–Trinajstić information content (AvgIpc) is 2.41. The summed E-state index contributed by atoms with van der Waals surface area (Å²) in [5.41, 5.74) is 0.591. The normalized spacial score (nSPS) is 16.0. The summed E-state index contributed by atoms with van der Waals surface area (Å²) >= 11 is 3.24. The predicted molar refractivity (Wildman–Crippen MR) is 79.7 cm³/mol. The van der Waals surface area contributed by atoms with Crippen LogP contribution in [0.2, 0.25) is 0 Å². The smallest absolute Gasteiger partial charge is 0.293 e. The Bertz CT molecular complexity index is 528. The van der Waals surface area contributed by atoms with Gasteiger partial charge in [-0.1, -0.05) is 15.9 Å². The van der Waals surface area contributed by atoms with Gasteiger partial charge in [0.25, 0.3) is 5.69 Å². The highest BCUT2D eigenvalue weighted by Gasteiger charge is 2.23. The van der Waals surface area contributed by atoms with Crippen LogP contribution in [0.4, 0.5) is 11.4 Å². The number of piperidine rings is 1. The molecule has 1 N–H and O–H groups in total. The molecule has 1 aromatic rings. The maximum absolute atomic E-state index is 11.3. The van der Waals surface area contributed by atoms with Gasteiger partial charge >= 0.3 is 0 Å². The lowest BCUT2D eigenvalue weighted by Gasteiger charge is -2.32. The third kappa shape index (κ3) is 3.47. The molecule has 1 heterocycles. The fraction of sp³-hybridized carbons (Fsp3) is 0.462. The van der Waals surface area contributed by atoms with Crippen LogP contribution in [0, 0.1) is 10.1 Å².